The lowest BCUT2D eigenvalue weighted by molar-refractivity contribution is 0.0709. The van der Waals surface area contributed by atoms with E-state index < -0.39 is 0 Å². The topological polar surface area (TPSA) is 98.2 Å². The fourth-order valence-electron chi connectivity index (χ4n) is 3.35. The Kier molecular flexibility index (Phi) is 4.27. The Morgan fingerprint density at radius 2 is 2.00 bits per heavy atom. The van der Waals surface area contributed by atoms with E-state index in [1.165, 1.54) is 11.8 Å². The Hall–Kier alpha value is -3.36. The number of methoxy groups -OCH3 is 2. The van der Waals surface area contributed by atoms with Gasteiger partial charge in [0.25, 0.3) is 5.91 Å². The van der Waals surface area contributed by atoms with Crippen molar-refractivity contribution >= 4 is 5.91 Å². The van der Waals surface area contributed by atoms with E-state index in [2.05, 4.69) is 20.1 Å². The zero-order valence-corrected chi connectivity index (χ0v) is 15.3. The fourth-order valence-corrected chi connectivity index (χ4v) is 3.35. The predicted octanol–water partition coefficient (Wildman–Crippen LogP) is 1.34. The van der Waals surface area contributed by atoms with Gasteiger partial charge in [-0.3, -0.25) is 4.79 Å². The van der Waals surface area contributed by atoms with Crippen molar-refractivity contribution < 1.29 is 14.3 Å². The van der Waals surface area contributed by atoms with E-state index in [1.54, 1.807) is 25.4 Å². The summed E-state index contributed by atoms with van der Waals surface area (Å²) in [6, 6.07) is 8.11. The Morgan fingerprint density at radius 1 is 1.22 bits per heavy atom. The molecule has 0 radical (unpaired) electrons. The summed E-state index contributed by atoms with van der Waals surface area (Å²) in [5.41, 5.74) is 2.93. The molecule has 4 rings (SSSR count). The lowest BCUT2D eigenvalue weighted by atomic mass is 9.91. The number of carbonyl (C=O) groups excluding carboxylic acids is 1. The van der Waals surface area contributed by atoms with Crippen LogP contribution in [-0.2, 0) is 13.6 Å². The van der Waals surface area contributed by atoms with Crippen LogP contribution in [0.4, 0.5) is 0 Å². The van der Waals surface area contributed by atoms with Gasteiger partial charge in [-0.1, -0.05) is 12.1 Å². The van der Waals surface area contributed by atoms with Gasteiger partial charge in [0, 0.05) is 19.5 Å². The van der Waals surface area contributed by atoms with E-state index in [0.29, 0.717) is 19.1 Å². The summed E-state index contributed by atoms with van der Waals surface area (Å²) in [6.45, 7) is 0.922. The quantitative estimate of drug-likeness (QED) is 0.746. The molecule has 1 aliphatic rings. The summed E-state index contributed by atoms with van der Waals surface area (Å²) >= 11 is 0. The van der Waals surface area contributed by atoms with E-state index in [1.807, 2.05) is 24.3 Å². The van der Waals surface area contributed by atoms with Crippen LogP contribution in [0.15, 0.2) is 30.6 Å². The molecule has 1 N–H and O–H groups in total. The first kappa shape index (κ1) is 17.1. The van der Waals surface area contributed by atoms with Gasteiger partial charge in [-0.05, 0) is 17.7 Å². The van der Waals surface area contributed by atoms with Crippen molar-refractivity contribution in [2.45, 2.75) is 12.5 Å². The maximum Gasteiger partial charge on any atom is 0.314 e. The van der Waals surface area contributed by atoms with Crippen LogP contribution in [0.2, 0.25) is 0 Å². The number of H-pyrrole nitrogens is 1. The zero-order chi connectivity index (χ0) is 19.0. The van der Waals surface area contributed by atoms with E-state index in [-0.39, 0.29) is 17.6 Å². The van der Waals surface area contributed by atoms with Gasteiger partial charge in [-0.25, -0.2) is 9.67 Å². The van der Waals surface area contributed by atoms with E-state index in [9.17, 15) is 4.79 Å². The average molecular weight is 368 g/mol. The molecule has 1 amide bonds. The number of nitrogens with zero attached hydrogens (tertiary/aromatic N) is 5. The average Bonchev–Trinajstić information content (AvgIpc) is 3.32. The molecule has 0 saturated heterocycles. The Labute approximate surface area is 155 Å². The van der Waals surface area contributed by atoms with Crippen molar-refractivity contribution in [1.82, 2.24) is 29.6 Å². The second-order valence-electron chi connectivity index (χ2n) is 6.32. The van der Waals surface area contributed by atoms with Crippen LogP contribution in [-0.4, -0.2) is 56.3 Å². The second kappa shape index (κ2) is 6.75. The molecule has 0 aliphatic carbocycles. The maximum atomic E-state index is 13.0. The van der Waals surface area contributed by atoms with Gasteiger partial charge >= 0.3 is 6.01 Å². The molecule has 9 nitrogen and oxygen atoms in total. The number of carbonyl (C=O) groups is 1. The predicted molar refractivity (Wildman–Crippen MR) is 95.7 cm³/mol. The Morgan fingerprint density at radius 3 is 2.67 bits per heavy atom. The number of fused-ring (bicyclic) bond motifs is 1. The number of ether oxygens (including phenoxy) is 2. The highest BCUT2D eigenvalue weighted by atomic mass is 16.5. The lowest BCUT2D eigenvalue weighted by Crippen LogP contribution is -2.39. The minimum atomic E-state index is -0.243. The minimum Gasteiger partial charge on any atom is -0.497 e. The smallest absolute Gasteiger partial charge is 0.314 e. The highest BCUT2D eigenvalue weighted by Crippen LogP contribution is 2.32. The van der Waals surface area contributed by atoms with E-state index in [4.69, 9.17) is 9.47 Å². The SMILES string of the molecule is COc1ccc(C2CN(C(=O)c3nc(OC)n(C)n3)Cc3[nH]cnc32)cc1. The first-order chi connectivity index (χ1) is 13.1. The normalized spacial score (nSPS) is 16.1. The van der Waals surface area contributed by atoms with Crippen molar-refractivity contribution in [2.75, 3.05) is 20.8 Å². The molecular formula is C18H20N6O3. The lowest BCUT2D eigenvalue weighted by Gasteiger charge is -2.31. The summed E-state index contributed by atoms with van der Waals surface area (Å²) in [5.74, 6) is 0.619. The molecule has 0 bridgehead atoms. The van der Waals surface area contributed by atoms with Gasteiger partial charge in [0.15, 0.2) is 0 Å². The Bertz CT molecular complexity index is 962. The van der Waals surface area contributed by atoms with Crippen LogP contribution in [0.5, 0.6) is 11.8 Å². The maximum absolute atomic E-state index is 13.0. The summed E-state index contributed by atoms with van der Waals surface area (Å²) in [6.07, 6.45) is 1.66. The number of imidazole rings is 1. The van der Waals surface area contributed by atoms with Gasteiger partial charge in [0.2, 0.25) is 5.82 Å². The highest BCUT2D eigenvalue weighted by Gasteiger charge is 2.33. The molecule has 0 saturated carbocycles. The largest absolute Gasteiger partial charge is 0.497 e. The molecule has 1 atom stereocenters. The van der Waals surface area contributed by atoms with Crippen LogP contribution in [0.1, 0.15) is 33.5 Å². The van der Waals surface area contributed by atoms with Crippen LogP contribution >= 0.6 is 0 Å². The van der Waals surface area contributed by atoms with Gasteiger partial charge in [0.05, 0.1) is 38.5 Å². The van der Waals surface area contributed by atoms with Gasteiger partial charge in [-0.15, -0.1) is 5.10 Å². The molecule has 27 heavy (non-hydrogen) atoms. The summed E-state index contributed by atoms with van der Waals surface area (Å²) < 4.78 is 11.8. The Balaban J connectivity index is 1.65. The third-order valence-corrected chi connectivity index (χ3v) is 4.74. The minimum absolute atomic E-state index is 0.0412. The van der Waals surface area contributed by atoms with Crippen molar-refractivity contribution in [3.63, 3.8) is 0 Å². The summed E-state index contributed by atoms with van der Waals surface area (Å²) in [5, 5.41) is 4.17. The number of hydrogen-bond donors (Lipinski definition) is 1. The standard InChI is InChI=1S/C18H20N6O3/c1-23-18(27-3)21-16(22-23)17(25)24-8-13(15-14(9-24)19-10-20-15)11-4-6-12(26-2)7-5-11/h4-7,10,13H,8-9H2,1-3H3,(H,19,20). The molecule has 9 heteroatoms. The highest BCUT2D eigenvalue weighted by molar-refractivity contribution is 5.90. The first-order valence-corrected chi connectivity index (χ1v) is 8.51. The van der Waals surface area contributed by atoms with E-state index >= 15 is 0 Å². The number of rotatable bonds is 4. The zero-order valence-electron chi connectivity index (χ0n) is 15.3. The van der Waals surface area contributed by atoms with Gasteiger partial charge in [0.1, 0.15) is 5.75 Å². The fraction of sp³-hybridized carbons (Fsp3) is 0.333. The number of aromatic amines is 1. The third kappa shape index (κ3) is 3.01. The monoisotopic (exact) mass is 368 g/mol. The number of amides is 1. The number of aryl methyl sites for hydroxylation is 1. The van der Waals surface area contributed by atoms with Crippen molar-refractivity contribution in [1.29, 1.82) is 0 Å². The van der Waals surface area contributed by atoms with Crippen LogP contribution in [0, 0.1) is 0 Å². The van der Waals surface area contributed by atoms with Crippen molar-refractivity contribution in [2.24, 2.45) is 7.05 Å². The van der Waals surface area contributed by atoms with Gasteiger partial charge in [-0.2, -0.15) is 4.98 Å². The molecule has 140 valence electrons. The van der Waals surface area contributed by atoms with Crippen molar-refractivity contribution in [3.8, 4) is 11.8 Å². The first-order valence-electron chi connectivity index (χ1n) is 8.51. The van der Waals surface area contributed by atoms with E-state index in [0.717, 1.165) is 22.7 Å². The van der Waals surface area contributed by atoms with Gasteiger partial charge < -0.3 is 19.4 Å². The molecule has 1 unspecified atom stereocenters. The van der Waals surface area contributed by atoms with Crippen molar-refractivity contribution in [3.05, 3.63) is 53.4 Å². The number of hydrogen-bond acceptors (Lipinski definition) is 6. The molecular weight excluding hydrogens is 348 g/mol. The third-order valence-electron chi connectivity index (χ3n) is 4.74. The molecule has 3 aromatic rings. The number of benzene rings is 1. The van der Waals surface area contributed by atoms with Crippen LogP contribution in [0.3, 0.4) is 0 Å². The summed E-state index contributed by atoms with van der Waals surface area (Å²) in [4.78, 5) is 26.5. The molecule has 0 fully saturated rings. The van der Waals surface area contributed by atoms with Crippen LogP contribution < -0.4 is 9.47 Å². The van der Waals surface area contributed by atoms with Crippen LogP contribution in [0.25, 0.3) is 0 Å². The molecule has 3 heterocycles. The summed E-state index contributed by atoms with van der Waals surface area (Å²) in [7, 11) is 4.82. The molecule has 1 aliphatic heterocycles. The molecule has 1 aromatic carbocycles. The second-order valence-corrected chi connectivity index (χ2v) is 6.32. The number of nitrogens with one attached hydrogen (secondary N) is 1. The molecule has 2 aromatic heterocycles. The molecule has 0 spiro atoms. The number of aromatic nitrogens is 5.